The van der Waals surface area contributed by atoms with Crippen molar-refractivity contribution in [2.24, 2.45) is 0 Å². The largest absolute Gasteiger partial charge is 0.496 e. The third kappa shape index (κ3) is 4.24. The maximum atomic E-state index is 12.8. The first-order chi connectivity index (χ1) is 11.8. The van der Waals surface area contributed by atoms with Gasteiger partial charge in [0.25, 0.3) is 0 Å². The summed E-state index contributed by atoms with van der Waals surface area (Å²) in [5.41, 5.74) is 1.02. The fourth-order valence-corrected chi connectivity index (χ4v) is 3.95. The summed E-state index contributed by atoms with van der Waals surface area (Å²) in [6, 6.07) is 15.9. The molecule has 3 aromatic rings. The van der Waals surface area contributed by atoms with Crippen LogP contribution in [-0.4, -0.2) is 17.9 Å². The predicted molar refractivity (Wildman–Crippen MR) is 99.6 cm³/mol. The highest BCUT2D eigenvalue weighted by atomic mass is 32.1. The van der Waals surface area contributed by atoms with Gasteiger partial charge in [-0.25, -0.2) is 0 Å². The van der Waals surface area contributed by atoms with E-state index in [2.05, 4.69) is 6.07 Å². The third-order valence-electron chi connectivity index (χ3n) is 3.74. The zero-order chi connectivity index (χ0) is 16.8. The summed E-state index contributed by atoms with van der Waals surface area (Å²) in [6.07, 6.45) is 0.443. The number of nitrogens with zero attached hydrogens (tertiary/aromatic N) is 1. The monoisotopic (exact) mass is 357 g/mol. The number of methoxy groups -OCH3 is 1. The van der Waals surface area contributed by atoms with Crippen LogP contribution in [0.3, 0.4) is 0 Å². The Bertz CT molecular complexity index is 767. The molecular weight excluding hydrogens is 338 g/mol. The predicted octanol–water partition coefficient (Wildman–Crippen LogP) is 4.59. The number of carbonyl (C=O) groups excluding carboxylic acids is 1. The van der Waals surface area contributed by atoms with Crippen molar-refractivity contribution in [3.05, 3.63) is 74.6 Å². The number of hydrogen-bond donors (Lipinski definition) is 0. The average molecular weight is 358 g/mol. The molecule has 0 fully saturated rings. The molecule has 0 saturated carbocycles. The van der Waals surface area contributed by atoms with Gasteiger partial charge in [0.2, 0.25) is 5.91 Å². The lowest BCUT2D eigenvalue weighted by molar-refractivity contribution is -0.131. The molecule has 0 bridgehead atoms. The van der Waals surface area contributed by atoms with Gasteiger partial charge in [0.15, 0.2) is 0 Å². The van der Waals surface area contributed by atoms with E-state index in [4.69, 9.17) is 4.74 Å². The maximum absolute atomic E-state index is 12.8. The van der Waals surface area contributed by atoms with Crippen molar-refractivity contribution in [3.8, 4) is 5.75 Å². The van der Waals surface area contributed by atoms with E-state index < -0.39 is 0 Å². The van der Waals surface area contributed by atoms with E-state index in [1.54, 1.807) is 29.8 Å². The van der Waals surface area contributed by atoms with Gasteiger partial charge in [0, 0.05) is 21.9 Å². The van der Waals surface area contributed by atoms with Crippen LogP contribution in [0, 0.1) is 0 Å². The van der Waals surface area contributed by atoms with Gasteiger partial charge in [-0.05, 0) is 29.0 Å². The van der Waals surface area contributed by atoms with Gasteiger partial charge < -0.3 is 9.64 Å². The molecule has 0 N–H and O–H groups in total. The van der Waals surface area contributed by atoms with Crippen molar-refractivity contribution >= 4 is 28.6 Å². The van der Waals surface area contributed by atoms with Crippen molar-refractivity contribution in [2.45, 2.75) is 19.5 Å². The molecule has 0 radical (unpaired) electrons. The number of amides is 1. The molecule has 3 rings (SSSR count). The molecule has 0 atom stereocenters. The van der Waals surface area contributed by atoms with Crippen LogP contribution >= 0.6 is 22.7 Å². The first-order valence-electron chi connectivity index (χ1n) is 7.70. The van der Waals surface area contributed by atoms with E-state index in [9.17, 15) is 4.79 Å². The van der Waals surface area contributed by atoms with Crippen LogP contribution in [-0.2, 0) is 24.3 Å². The second-order valence-electron chi connectivity index (χ2n) is 5.40. The van der Waals surface area contributed by atoms with E-state index in [0.717, 1.165) is 16.2 Å². The summed E-state index contributed by atoms with van der Waals surface area (Å²) >= 11 is 3.30. The van der Waals surface area contributed by atoms with Crippen LogP contribution in [0.25, 0.3) is 0 Å². The molecule has 124 valence electrons. The van der Waals surface area contributed by atoms with Gasteiger partial charge in [-0.2, -0.15) is 0 Å². The summed E-state index contributed by atoms with van der Waals surface area (Å²) in [5, 5.41) is 4.05. The van der Waals surface area contributed by atoms with Crippen LogP contribution in [0.1, 0.15) is 15.3 Å². The number of ether oxygens (including phenoxy) is 1. The molecule has 0 aliphatic heterocycles. The highest BCUT2D eigenvalue weighted by Gasteiger charge is 2.17. The second-order valence-corrected chi connectivity index (χ2v) is 7.46. The van der Waals surface area contributed by atoms with Crippen molar-refractivity contribution in [3.63, 3.8) is 0 Å². The lowest BCUT2D eigenvalue weighted by Crippen LogP contribution is -2.31. The summed E-state index contributed by atoms with van der Waals surface area (Å²) in [6.45, 7) is 1.17. The Balaban J connectivity index is 1.79. The number of carbonyl (C=O) groups is 1. The van der Waals surface area contributed by atoms with E-state index in [-0.39, 0.29) is 5.91 Å². The first kappa shape index (κ1) is 16.7. The third-order valence-corrected chi connectivity index (χ3v) is 5.48. The minimum atomic E-state index is 0.136. The van der Waals surface area contributed by atoms with Gasteiger partial charge in [-0.3, -0.25) is 4.79 Å². The zero-order valence-electron chi connectivity index (χ0n) is 13.5. The van der Waals surface area contributed by atoms with Crippen LogP contribution < -0.4 is 4.74 Å². The van der Waals surface area contributed by atoms with E-state index in [1.165, 1.54) is 4.88 Å². The number of hydrogen-bond acceptors (Lipinski definition) is 4. The average Bonchev–Trinajstić information content (AvgIpc) is 3.28. The Hall–Kier alpha value is -2.11. The molecule has 0 saturated heterocycles. The normalized spacial score (nSPS) is 10.5. The molecule has 24 heavy (non-hydrogen) atoms. The molecule has 2 heterocycles. The Labute approximate surface area is 150 Å². The lowest BCUT2D eigenvalue weighted by Gasteiger charge is -2.23. The Morgan fingerprint density at radius 3 is 2.33 bits per heavy atom. The summed E-state index contributed by atoms with van der Waals surface area (Å²) < 4.78 is 5.43. The van der Waals surface area contributed by atoms with Gasteiger partial charge in [0.1, 0.15) is 5.75 Å². The fraction of sp³-hybridized carbons (Fsp3) is 0.211. The van der Waals surface area contributed by atoms with Crippen molar-refractivity contribution in [1.29, 1.82) is 0 Å². The second kappa shape index (κ2) is 8.13. The number of thiophene rings is 2. The van der Waals surface area contributed by atoms with Crippen molar-refractivity contribution in [2.75, 3.05) is 7.11 Å². The van der Waals surface area contributed by atoms with Crippen LogP contribution in [0.2, 0.25) is 0 Å². The summed E-state index contributed by atoms with van der Waals surface area (Å²) in [7, 11) is 1.66. The van der Waals surface area contributed by atoms with Gasteiger partial charge in [-0.1, -0.05) is 30.3 Å². The molecule has 0 unspecified atom stereocenters. The topological polar surface area (TPSA) is 29.5 Å². The fourth-order valence-electron chi connectivity index (χ4n) is 2.54. The molecule has 0 aliphatic carbocycles. The number of rotatable bonds is 7. The van der Waals surface area contributed by atoms with Gasteiger partial charge >= 0.3 is 0 Å². The highest BCUT2D eigenvalue weighted by molar-refractivity contribution is 7.10. The molecule has 2 aromatic heterocycles. The zero-order valence-corrected chi connectivity index (χ0v) is 15.1. The Morgan fingerprint density at radius 2 is 1.67 bits per heavy atom. The molecule has 0 spiro atoms. The summed E-state index contributed by atoms with van der Waals surface area (Å²) in [5.74, 6) is 0.953. The van der Waals surface area contributed by atoms with Gasteiger partial charge in [0.05, 0.1) is 20.1 Å². The Kier molecular flexibility index (Phi) is 5.67. The lowest BCUT2D eigenvalue weighted by atomic mass is 10.1. The van der Waals surface area contributed by atoms with Crippen LogP contribution in [0.5, 0.6) is 5.75 Å². The van der Waals surface area contributed by atoms with Crippen molar-refractivity contribution < 1.29 is 9.53 Å². The molecular formula is C19H19NO2S2. The molecule has 3 nitrogen and oxygen atoms in total. The van der Waals surface area contributed by atoms with E-state index in [1.807, 2.05) is 58.1 Å². The minimum absolute atomic E-state index is 0.136. The SMILES string of the molecule is COc1ccccc1CN(Cc1cccs1)C(=O)Cc1cccs1. The maximum Gasteiger partial charge on any atom is 0.228 e. The standard InChI is InChI=1S/C19H19NO2S2/c1-22-18-9-3-2-6-15(18)13-20(14-17-8-5-11-24-17)19(21)12-16-7-4-10-23-16/h2-11H,12-14H2,1H3. The molecule has 1 aromatic carbocycles. The summed E-state index contributed by atoms with van der Waals surface area (Å²) in [4.78, 5) is 17.0. The smallest absolute Gasteiger partial charge is 0.228 e. The van der Waals surface area contributed by atoms with Gasteiger partial charge in [-0.15, -0.1) is 22.7 Å². The minimum Gasteiger partial charge on any atom is -0.496 e. The molecule has 5 heteroatoms. The van der Waals surface area contributed by atoms with Crippen LogP contribution in [0.4, 0.5) is 0 Å². The number of para-hydroxylation sites is 1. The highest BCUT2D eigenvalue weighted by Crippen LogP contribution is 2.22. The molecule has 0 aliphatic rings. The Morgan fingerprint density at radius 1 is 0.958 bits per heavy atom. The number of benzene rings is 1. The quantitative estimate of drug-likeness (QED) is 0.619. The van der Waals surface area contributed by atoms with Crippen LogP contribution in [0.15, 0.2) is 59.3 Å². The first-order valence-corrected chi connectivity index (χ1v) is 9.46. The van der Waals surface area contributed by atoms with E-state index >= 15 is 0 Å². The molecule has 1 amide bonds. The van der Waals surface area contributed by atoms with E-state index in [0.29, 0.717) is 19.5 Å². The van der Waals surface area contributed by atoms with Crippen molar-refractivity contribution in [1.82, 2.24) is 4.90 Å².